The van der Waals surface area contributed by atoms with Crippen LogP contribution in [0.5, 0.6) is 0 Å². The molecule has 0 aliphatic rings. The molecule has 3 nitrogen and oxygen atoms in total. The molecule has 0 fully saturated rings. The number of nitrogens with one attached hydrogen (secondary N) is 1. The average Bonchev–Trinajstić information content (AvgIpc) is 2.74. The second-order valence-electron chi connectivity index (χ2n) is 2.81. The molecule has 76 valence electrons. The first-order valence-electron chi connectivity index (χ1n) is 4.24. The maximum Gasteiger partial charge on any atom is 0.267 e. The summed E-state index contributed by atoms with van der Waals surface area (Å²) in [6, 6.07) is 8.76. The van der Waals surface area contributed by atoms with E-state index in [1.54, 1.807) is 24.4 Å². The lowest BCUT2D eigenvalue weighted by Gasteiger charge is -2.04. The molecule has 2 aromatic rings. The molecule has 0 saturated carbocycles. The Morgan fingerprint density at radius 1 is 1.33 bits per heavy atom. The van der Waals surface area contributed by atoms with E-state index < -0.39 is 0 Å². The van der Waals surface area contributed by atoms with Crippen molar-refractivity contribution in [1.29, 1.82) is 0 Å². The Hall–Kier alpha value is -1.39. The number of rotatable bonds is 2. The van der Waals surface area contributed by atoms with Crippen molar-refractivity contribution in [2.45, 2.75) is 0 Å². The normalized spacial score (nSPS) is 9.93. The van der Waals surface area contributed by atoms with Gasteiger partial charge in [0.05, 0.1) is 10.7 Å². The summed E-state index contributed by atoms with van der Waals surface area (Å²) in [4.78, 5) is 12.2. The maximum atomic E-state index is 11.6. The molecule has 2 rings (SSSR count). The number of anilines is 1. The van der Waals surface area contributed by atoms with Crippen LogP contribution in [0.1, 0.15) is 9.67 Å². The Bertz CT molecular complexity index is 470. The lowest BCUT2D eigenvalue weighted by molar-refractivity contribution is 0.103. The first-order valence-corrected chi connectivity index (χ1v) is 5.39. The van der Waals surface area contributed by atoms with E-state index in [1.165, 1.54) is 0 Å². The summed E-state index contributed by atoms with van der Waals surface area (Å²) in [5.74, 6) is -0.189. The lowest BCUT2D eigenvalue weighted by atomic mass is 10.3. The second-order valence-corrected chi connectivity index (χ2v) is 4.05. The van der Waals surface area contributed by atoms with Gasteiger partial charge in [0.15, 0.2) is 0 Å². The third kappa shape index (κ3) is 2.34. The molecule has 0 radical (unpaired) electrons. The number of hydrogen-bond acceptors (Lipinski definition) is 3. The van der Waals surface area contributed by atoms with Crippen LogP contribution in [0.3, 0.4) is 0 Å². The first-order chi connectivity index (χ1) is 7.27. The minimum atomic E-state index is -0.189. The molecule has 1 heterocycles. The molecule has 0 aliphatic carbocycles. The van der Waals surface area contributed by atoms with Crippen LogP contribution in [0.25, 0.3) is 0 Å². The molecule has 15 heavy (non-hydrogen) atoms. The van der Waals surface area contributed by atoms with Crippen molar-refractivity contribution in [3.05, 3.63) is 46.4 Å². The number of benzene rings is 1. The Labute approximate surface area is 95.9 Å². The van der Waals surface area contributed by atoms with Crippen molar-refractivity contribution in [2.75, 3.05) is 5.32 Å². The highest BCUT2D eigenvalue weighted by atomic mass is 35.5. The summed E-state index contributed by atoms with van der Waals surface area (Å²) >= 11 is 7.05. The predicted octanol–water partition coefficient (Wildman–Crippen LogP) is 3.05. The van der Waals surface area contributed by atoms with Gasteiger partial charge in [-0.05, 0) is 29.7 Å². The SMILES string of the molecule is O=C(Nc1ccccc1Cl)c1ccns1. The third-order valence-corrected chi connectivity index (χ3v) is 2.86. The predicted molar refractivity (Wildman–Crippen MR) is 61.5 cm³/mol. The highest BCUT2D eigenvalue weighted by Crippen LogP contribution is 2.21. The van der Waals surface area contributed by atoms with E-state index in [1.807, 2.05) is 12.1 Å². The molecule has 1 aromatic carbocycles. The topological polar surface area (TPSA) is 42.0 Å². The number of halogens is 1. The molecule has 1 amide bonds. The largest absolute Gasteiger partial charge is 0.320 e. The van der Waals surface area contributed by atoms with Crippen LogP contribution in [0.15, 0.2) is 36.5 Å². The van der Waals surface area contributed by atoms with Crippen LogP contribution in [-0.2, 0) is 0 Å². The van der Waals surface area contributed by atoms with Crippen molar-refractivity contribution in [3.63, 3.8) is 0 Å². The van der Waals surface area contributed by atoms with E-state index in [0.29, 0.717) is 15.6 Å². The second kappa shape index (κ2) is 4.42. The maximum absolute atomic E-state index is 11.6. The van der Waals surface area contributed by atoms with Gasteiger partial charge in [0, 0.05) is 6.20 Å². The van der Waals surface area contributed by atoms with Crippen LogP contribution in [0.4, 0.5) is 5.69 Å². The van der Waals surface area contributed by atoms with Gasteiger partial charge in [-0.3, -0.25) is 4.79 Å². The fourth-order valence-corrected chi connectivity index (χ4v) is 1.75. The Morgan fingerprint density at radius 3 is 2.80 bits per heavy atom. The van der Waals surface area contributed by atoms with Crippen LogP contribution >= 0.6 is 23.1 Å². The molecule has 0 spiro atoms. The van der Waals surface area contributed by atoms with E-state index in [0.717, 1.165) is 11.5 Å². The summed E-state index contributed by atoms with van der Waals surface area (Å²) in [6.07, 6.45) is 1.59. The van der Waals surface area contributed by atoms with Gasteiger partial charge in [0.2, 0.25) is 0 Å². The van der Waals surface area contributed by atoms with Crippen molar-refractivity contribution in [1.82, 2.24) is 4.37 Å². The van der Waals surface area contributed by atoms with E-state index in [4.69, 9.17) is 11.6 Å². The summed E-state index contributed by atoms with van der Waals surface area (Å²) in [5, 5.41) is 3.24. The molecule has 0 bridgehead atoms. The molecule has 0 saturated heterocycles. The van der Waals surface area contributed by atoms with Gasteiger partial charge in [-0.25, -0.2) is 4.37 Å². The van der Waals surface area contributed by atoms with E-state index in [9.17, 15) is 4.79 Å². The Morgan fingerprint density at radius 2 is 2.13 bits per heavy atom. The number of nitrogens with zero attached hydrogens (tertiary/aromatic N) is 1. The van der Waals surface area contributed by atoms with E-state index in [2.05, 4.69) is 9.69 Å². The highest BCUT2D eigenvalue weighted by molar-refractivity contribution is 7.08. The van der Waals surface area contributed by atoms with Crippen LogP contribution in [-0.4, -0.2) is 10.3 Å². The van der Waals surface area contributed by atoms with Crippen LogP contribution < -0.4 is 5.32 Å². The minimum Gasteiger partial charge on any atom is -0.320 e. The van der Waals surface area contributed by atoms with Gasteiger partial charge < -0.3 is 5.32 Å². The standard InChI is InChI=1S/C10H7ClN2OS/c11-7-3-1-2-4-8(7)13-10(14)9-5-6-12-15-9/h1-6H,(H,13,14). The number of hydrogen-bond donors (Lipinski definition) is 1. The molecule has 1 N–H and O–H groups in total. The summed E-state index contributed by atoms with van der Waals surface area (Å²) in [6.45, 7) is 0. The molecular weight excluding hydrogens is 232 g/mol. The molecule has 0 atom stereocenters. The van der Waals surface area contributed by atoms with Crippen molar-refractivity contribution in [2.24, 2.45) is 0 Å². The van der Waals surface area contributed by atoms with Gasteiger partial charge in [-0.15, -0.1) is 0 Å². The summed E-state index contributed by atoms with van der Waals surface area (Å²) < 4.78 is 3.86. The highest BCUT2D eigenvalue weighted by Gasteiger charge is 2.08. The molecular formula is C10H7ClN2OS. The number of carbonyl (C=O) groups excluding carboxylic acids is 1. The number of aromatic nitrogens is 1. The zero-order valence-corrected chi connectivity index (χ0v) is 9.18. The van der Waals surface area contributed by atoms with Gasteiger partial charge in [-0.1, -0.05) is 23.7 Å². The first kappa shape index (κ1) is 10.1. The minimum absolute atomic E-state index is 0.189. The van der Waals surface area contributed by atoms with Gasteiger partial charge in [0.1, 0.15) is 4.88 Å². The van der Waals surface area contributed by atoms with Crippen molar-refractivity contribution >= 4 is 34.7 Å². The number of carbonyl (C=O) groups is 1. The monoisotopic (exact) mass is 238 g/mol. The number of amides is 1. The van der Waals surface area contributed by atoms with Gasteiger partial charge >= 0.3 is 0 Å². The Balaban J connectivity index is 2.17. The fraction of sp³-hybridized carbons (Fsp3) is 0. The van der Waals surface area contributed by atoms with Gasteiger partial charge in [0.25, 0.3) is 5.91 Å². The fourth-order valence-electron chi connectivity index (χ4n) is 1.08. The average molecular weight is 239 g/mol. The summed E-state index contributed by atoms with van der Waals surface area (Å²) in [5.41, 5.74) is 0.609. The van der Waals surface area contributed by atoms with Crippen LogP contribution in [0, 0.1) is 0 Å². The molecule has 0 aliphatic heterocycles. The number of para-hydroxylation sites is 1. The molecule has 1 aromatic heterocycles. The Kier molecular flexibility index (Phi) is 2.99. The zero-order chi connectivity index (χ0) is 10.7. The quantitative estimate of drug-likeness (QED) is 0.874. The zero-order valence-electron chi connectivity index (χ0n) is 7.61. The molecule has 5 heteroatoms. The summed E-state index contributed by atoms with van der Waals surface area (Å²) in [7, 11) is 0. The van der Waals surface area contributed by atoms with Crippen molar-refractivity contribution < 1.29 is 4.79 Å². The van der Waals surface area contributed by atoms with Gasteiger partial charge in [-0.2, -0.15) is 0 Å². The molecule has 0 unspecified atom stereocenters. The van der Waals surface area contributed by atoms with E-state index >= 15 is 0 Å². The smallest absolute Gasteiger partial charge is 0.267 e. The van der Waals surface area contributed by atoms with E-state index in [-0.39, 0.29) is 5.91 Å². The third-order valence-electron chi connectivity index (χ3n) is 1.78. The van der Waals surface area contributed by atoms with Crippen molar-refractivity contribution in [3.8, 4) is 0 Å². The lowest BCUT2D eigenvalue weighted by Crippen LogP contribution is -2.10. The van der Waals surface area contributed by atoms with Crippen LogP contribution in [0.2, 0.25) is 5.02 Å².